The second-order valence-corrected chi connectivity index (χ2v) is 8.71. The molecule has 0 aliphatic rings. The minimum atomic E-state index is -3.18. The van der Waals surface area contributed by atoms with Crippen molar-refractivity contribution in [3.63, 3.8) is 0 Å². The van der Waals surface area contributed by atoms with Gasteiger partial charge in [0.2, 0.25) is 0 Å². The molecule has 0 aliphatic heterocycles. The predicted molar refractivity (Wildman–Crippen MR) is 112 cm³/mol. The van der Waals surface area contributed by atoms with Gasteiger partial charge in [-0.15, -0.1) is 0 Å². The van der Waals surface area contributed by atoms with E-state index in [0.717, 1.165) is 6.42 Å². The summed E-state index contributed by atoms with van der Waals surface area (Å²) in [6.45, 7) is 1.18. The van der Waals surface area contributed by atoms with E-state index in [9.17, 15) is 8.42 Å². The van der Waals surface area contributed by atoms with Gasteiger partial charge in [-0.25, -0.2) is 8.42 Å². The lowest BCUT2D eigenvalue weighted by Gasteiger charge is -2.20. The highest BCUT2D eigenvalue weighted by molar-refractivity contribution is 7.90. The smallest absolute Gasteiger partial charge is 0.175 e. The van der Waals surface area contributed by atoms with E-state index in [1.807, 2.05) is 12.1 Å². The van der Waals surface area contributed by atoms with Gasteiger partial charge in [0.25, 0.3) is 0 Å². The summed E-state index contributed by atoms with van der Waals surface area (Å²) in [6, 6.07) is 27.5. The number of sulfone groups is 1. The summed E-state index contributed by atoms with van der Waals surface area (Å²) in [6.07, 6.45) is 2.09. The number of rotatable bonds is 9. The molecule has 3 aromatic rings. The molecule has 0 amide bonds. The highest BCUT2D eigenvalue weighted by Gasteiger charge is 2.11. The third kappa shape index (κ3) is 5.94. The van der Waals surface area contributed by atoms with Crippen LogP contribution >= 0.6 is 0 Å². The second kappa shape index (κ2) is 9.53. The van der Waals surface area contributed by atoms with Crippen molar-refractivity contribution in [2.24, 2.45) is 0 Å². The van der Waals surface area contributed by atoms with Crippen molar-refractivity contribution in [3.05, 3.63) is 96.1 Å². The van der Waals surface area contributed by atoms with Crippen LogP contribution in [0, 0.1) is 0 Å². The maximum Gasteiger partial charge on any atom is 0.175 e. The zero-order valence-corrected chi connectivity index (χ0v) is 16.7. The Labute approximate surface area is 167 Å². The zero-order valence-electron chi connectivity index (χ0n) is 15.9. The van der Waals surface area contributed by atoms with Crippen molar-refractivity contribution in [3.8, 4) is 5.75 Å². The molecular weight excluding hydrogens is 370 g/mol. The fourth-order valence-corrected chi connectivity index (χ4v) is 3.66. The Hall–Kier alpha value is -2.63. The maximum atomic E-state index is 11.5. The molecule has 1 unspecified atom stereocenters. The number of hydrogen-bond acceptors (Lipinski definition) is 4. The highest BCUT2D eigenvalue weighted by Crippen LogP contribution is 2.19. The summed E-state index contributed by atoms with van der Waals surface area (Å²) in [7, 11) is -3.18. The maximum absolute atomic E-state index is 11.5. The van der Waals surface area contributed by atoms with E-state index in [1.165, 1.54) is 17.4 Å². The van der Waals surface area contributed by atoms with Crippen molar-refractivity contribution in [1.82, 2.24) is 5.32 Å². The van der Waals surface area contributed by atoms with Crippen LogP contribution in [0.1, 0.15) is 17.2 Å². The van der Waals surface area contributed by atoms with E-state index in [1.54, 1.807) is 24.3 Å². The molecule has 1 atom stereocenters. The van der Waals surface area contributed by atoms with E-state index < -0.39 is 9.84 Å². The van der Waals surface area contributed by atoms with Gasteiger partial charge in [0, 0.05) is 18.8 Å². The molecule has 4 nitrogen and oxygen atoms in total. The van der Waals surface area contributed by atoms with E-state index in [4.69, 9.17) is 4.74 Å². The average Bonchev–Trinajstić information content (AvgIpc) is 2.71. The van der Waals surface area contributed by atoms with Crippen LogP contribution in [-0.4, -0.2) is 27.8 Å². The van der Waals surface area contributed by atoms with Crippen molar-refractivity contribution < 1.29 is 13.2 Å². The minimum absolute atomic E-state index is 0.194. The lowest BCUT2D eigenvalue weighted by molar-refractivity contribution is 0.305. The first-order chi connectivity index (χ1) is 13.5. The van der Waals surface area contributed by atoms with Gasteiger partial charge in [-0.3, -0.25) is 0 Å². The summed E-state index contributed by atoms with van der Waals surface area (Å²) in [5.74, 6) is 0.661. The summed E-state index contributed by atoms with van der Waals surface area (Å²) in [5, 5.41) is 3.57. The van der Waals surface area contributed by atoms with Crippen LogP contribution < -0.4 is 10.1 Å². The molecule has 0 heterocycles. The Morgan fingerprint density at radius 2 is 1.46 bits per heavy atom. The lowest BCUT2D eigenvalue weighted by atomic mass is 9.99. The normalized spacial score (nSPS) is 12.5. The van der Waals surface area contributed by atoms with Crippen LogP contribution in [0.2, 0.25) is 0 Å². The summed E-state index contributed by atoms with van der Waals surface area (Å²) < 4.78 is 28.8. The third-order valence-electron chi connectivity index (χ3n) is 4.50. The van der Waals surface area contributed by atoms with Crippen LogP contribution in [0.15, 0.2) is 89.8 Å². The van der Waals surface area contributed by atoms with Crippen LogP contribution in [0.4, 0.5) is 0 Å². The zero-order chi connectivity index (χ0) is 19.8. The van der Waals surface area contributed by atoms with Gasteiger partial charge in [-0.05, 0) is 41.8 Å². The first-order valence-electron chi connectivity index (χ1n) is 9.27. The Balaban J connectivity index is 1.56. The average molecular weight is 396 g/mol. The standard InChI is InChI=1S/C23H25NO3S/c1-28(25,26)22-14-12-21(13-15-22)27-17-16-24-23(20-10-6-3-7-11-20)18-19-8-4-2-5-9-19/h2-15,23-24H,16-18H2,1H3. The van der Waals surface area contributed by atoms with Gasteiger partial charge in [-0.1, -0.05) is 60.7 Å². The molecule has 28 heavy (non-hydrogen) atoms. The van der Waals surface area contributed by atoms with Crippen LogP contribution in [-0.2, 0) is 16.3 Å². The predicted octanol–water partition coefficient (Wildman–Crippen LogP) is 4.04. The Morgan fingerprint density at radius 1 is 0.857 bits per heavy atom. The minimum Gasteiger partial charge on any atom is -0.492 e. The van der Waals surface area contributed by atoms with E-state index >= 15 is 0 Å². The molecule has 5 heteroatoms. The van der Waals surface area contributed by atoms with Crippen LogP contribution in [0.25, 0.3) is 0 Å². The second-order valence-electron chi connectivity index (χ2n) is 6.70. The Bertz CT molecular complexity index is 956. The Kier molecular flexibility index (Phi) is 6.85. The van der Waals surface area contributed by atoms with Crippen molar-refractivity contribution in [2.45, 2.75) is 17.4 Å². The van der Waals surface area contributed by atoms with E-state index in [-0.39, 0.29) is 6.04 Å². The molecule has 0 aromatic heterocycles. The fourth-order valence-electron chi connectivity index (χ4n) is 3.03. The van der Waals surface area contributed by atoms with Gasteiger partial charge in [0.1, 0.15) is 12.4 Å². The van der Waals surface area contributed by atoms with Crippen LogP contribution in [0.3, 0.4) is 0 Å². The molecule has 0 radical (unpaired) electrons. The van der Waals surface area contributed by atoms with Crippen molar-refractivity contribution in [2.75, 3.05) is 19.4 Å². The van der Waals surface area contributed by atoms with Crippen LogP contribution in [0.5, 0.6) is 5.75 Å². The first-order valence-corrected chi connectivity index (χ1v) is 11.2. The molecular formula is C23H25NO3S. The van der Waals surface area contributed by atoms with Crippen molar-refractivity contribution >= 4 is 9.84 Å². The molecule has 0 saturated carbocycles. The highest BCUT2D eigenvalue weighted by atomic mass is 32.2. The van der Waals surface area contributed by atoms with Gasteiger partial charge < -0.3 is 10.1 Å². The quantitative estimate of drug-likeness (QED) is 0.556. The monoisotopic (exact) mass is 395 g/mol. The summed E-state index contributed by atoms with van der Waals surface area (Å²) in [5.41, 5.74) is 2.52. The van der Waals surface area contributed by atoms with Gasteiger partial charge in [0.15, 0.2) is 9.84 Å². The molecule has 0 saturated heterocycles. The number of benzene rings is 3. The Morgan fingerprint density at radius 3 is 2.07 bits per heavy atom. The van der Waals surface area contributed by atoms with Gasteiger partial charge in [0.05, 0.1) is 4.90 Å². The lowest BCUT2D eigenvalue weighted by Crippen LogP contribution is -2.27. The summed E-state index contributed by atoms with van der Waals surface area (Å²) in [4.78, 5) is 0.296. The topological polar surface area (TPSA) is 55.4 Å². The molecule has 3 aromatic carbocycles. The largest absolute Gasteiger partial charge is 0.492 e. The molecule has 3 rings (SSSR count). The van der Waals surface area contributed by atoms with Gasteiger partial charge in [-0.2, -0.15) is 0 Å². The van der Waals surface area contributed by atoms with E-state index in [2.05, 4.69) is 53.8 Å². The SMILES string of the molecule is CS(=O)(=O)c1ccc(OCCNC(Cc2ccccc2)c2ccccc2)cc1. The van der Waals surface area contributed by atoms with E-state index in [0.29, 0.717) is 23.8 Å². The molecule has 0 aliphatic carbocycles. The number of hydrogen-bond donors (Lipinski definition) is 1. The third-order valence-corrected chi connectivity index (χ3v) is 5.63. The molecule has 0 fully saturated rings. The molecule has 1 N–H and O–H groups in total. The number of nitrogens with one attached hydrogen (secondary N) is 1. The number of ether oxygens (including phenoxy) is 1. The first kappa shape index (κ1) is 20.1. The molecule has 0 bridgehead atoms. The molecule has 0 spiro atoms. The summed E-state index contributed by atoms with van der Waals surface area (Å²) >= 11 is 0. The van der Waals surface area contributed by atoms with Crippen molar-refractivity contribution in [1.29, 1.82) is 0 Å². The fraction of sp³-hybridized carbons (Fsp3) is 0.217. The molecule has 146 valence electrons. The van der Waals surface area contributed by atoms with Gasteiger partial charge >= 0.3 is 0 Å².